The highest BCUT2D eigenvalue weighted by molar-refractivity contribution is 4.93. The molecule has 1 N–H and O–H groups in total. The van der Waals surface area contributed by atoms with Gasteiger partial charge in [-0.2, -0.15) is 0 Å². The molecule has 0 atom stereocenters. The van der Waals surface area contributed by atoms with Crippen molar-refractivity contribution in [2.45, 2.75) is 63.8 Å². The zero-order valence-electron chi connectivity index (χ0n) is 8.94. The smallest absolute Gasteiger partial charge is 0.0181 e. The van der Waals surface area contributed by atoms with Gasteiger partial charge in [0.2, 0.25) is 0 Å². The molecule has 1 saturated carbocycles. The molecule has 0 unspecified atom stereocenters. The summed E-state index contributed by atoms with van der Waals surface area (Å²) in [6.45, 7) is 3.68. The summed E-state index contributed by atoms with van der Waals surface area (Å²) >= 11 is 0. The van der Waals surface area contributed by atoms with Crippen molar-refractivity contribution in [1.29, 1.82) is 0 Å². The Labute approximate surface area is 82.3 Å². The molecule has 1 aliphatic heterocycles. The molecule has 1 nitrogen and oxygen atoms in total. The Morgan fingerprint density at radius 1 is 1.00 bits per heavy atom. The van der Waals surface area contributed by atoms with Gasteiger partial charge in [-0.3, -0.25) is 0 Å². The Kier molecular flexibility index (Phi) is 2.92. The molecular formula is C12H23N. The third-order valence-electron chi connectivity index (χ3n) is 4.06. The lowest BCUT2D eigenvalue weighted by Gasteiger charge is -2.39. The van der Waals surface area contributed by atoms with Gasteiger partial charge >= 0.3 is 0 Å². The van der Waals surface area contributed by atoms with Crippen LogP contribution < -0.4 is 5.32 Å². The van der Waals surface area contributed by atoms with E-state index in [1.165, 1.54) is 57.9 Å². The van der Waals surface area contributed by atoms with Crippen LogP contribution >= 0.6 is 0 Å². The molecule has 2 rings (SSSR count). The van der Waals surface area contributed by atoms with Gasteiger partial charge in [0.1, 0.15) is 0 Å². The van der Waals surface area contributed by atoms with E-state index in [-0.39, 0.29) is 0 Å². The number of rotatable bonds is 0. The van der Waals surface area contributed by atoms with Crippen molar-refractivity contribution in [2.24, 2.45) is 5.92 Å². The van der Waals surface area contributed by atoms with Crippen molar-refractivity contribution in [3.05, 3.63) is 0 Å². The van der Waals surface area contributed by atoms with Crippen LogP contribution in [0.3, 0.4) is 0 Å². The number of hydrogen-bond donors (Lipinski definition) is 1. The number of hydrogen-bond acceptors (Lipinski definition) is 1. The normalized spacial score (nSPS) is 41.8. The standard InChI is InChI=1S/C12H23N/c1-11-5-8-12(9-6-11)7-3-2-4-10-13-12/h11,13H,2-10H2,1H3. The van der Waals surface area contributed by atoms with E-state index in [1.807, 2.05) is 0 Å². The van der Waals surface area contributed by atoms with Gasteiger partial charge in [0.25, 0.3) is 0 Å². The van der Waals surface area contributed by atoms with Crippen LogP contribution in [0.25, 0.3) is 0 Å². The maximum atomic E-state index is 3.82. The zero-order chi connectivity index (χ0) is 9.15. The van der Waals surface area contributed by atoms with E-state index < -0.39 is 0 Å². The second-order valence-electron chi connectivity index (χ2n) is 5.20. The molecule has 1 spiro atoms. The molecule has 1 aliphatic carbocycles. The van der Waals surface area contributed by atoms with Crippen LogP contribution in [0.1, 0.15) is 58.3 Å². The average molecular weight is 181 g/mol. The van der Waals surface area contributed by atoms with Crippen molar-refractivity contribution in [3.63, 3.8) is 0 Å². The van der Waals surface area contributed by atoms with Crippen molar-refractivity contribution in [3.8, 4) is 0 Å². The van der Waals surface area contributed by atoms with Crippen molar-refractivity contribution < 1.29 is 0 Å². The Balaban J connectivity index is 1.93. The van der Waals surface area contributed by atoms with Gasteiger partial charge in [0.05, 0.1) is 0 Å². The van der Waals surface area contributed by atoms with E-state index in [0.29, 0.717) is 5.54 Å². The van der Waals surface area contributed by atoms with Crippen molar-refractivity contribution in [2.75, 3.05) is 6.54 Å². The van der Waals surface area contributed by atoms with E-state index in [4.69, 9.17) is 0 Å². The molecule has 1 heterocycles. The third kappa shape index (κ3) is 2.25. The van der Waals surface area contributed by atoms with E-state index in [0.717, 1.165) is 5.92 Å². The molecule has 76 valence electrons. The first-order chi connectivity index (χ1) is 6.31. The molecule has 1 heteroatoms. The van der Waals surface area contributed by atoms with Gasteiger partial charge in [-0.05, 0) is 51.0 Å². The highest BCUT2D eigenvalue weighted by Crippen LogP contribution is 2.36. The summed E-state index contributed by atoms with van der Waals surface area (Å²) in [4.78, 5) is 0. The third-order valence-corrected chi connectivity index (χ3v) is 4.06. The Hall–Kier alpha value is -0.0400. The molecule has 0 bridgehead atoms. The summed E-state index contributed by atoms with van der Waals surface area (Å²) in [5.41, 5.74) is 0.572. The Morgan fingerprint density at radius 3 is 2.54 bits per heavy atom. The maximum absolute atomic E-state index is 3.82. The fourth-order valence-electron chi connectivity index (χ4n) is 2.95. The average Bonchev–Trinajstić information content (AvgIpc) is 2.37. The molecule has 0 aromatic carbocycles. The van der Waals surface area contributed by atoms with Crippen LogP contribution in [0.15, 0.2) is 0 Å². The molecule has 0 aromatic rings. The second-order valence-corrected chi connectivity index (χ2v) is 5.20. The van der Waals surface area contributed by atoms with Crippen LogP contribution in [0.4, 0.5) is 0 Å². The molecule has 13 heavy (non-hydrogen) atoms. The molecule has 1 saturated heterocycles. The first kappa shape index (κ1) is 9.51. The maximum Gasteiger partial charge on any atom is 0.0181 e. The highest BCUT2D eigenvalue weighted by Gasteiger charge is 2.33. The lowest BCUT2D eigenvalue weighted by molar-refractivity contribution is 0.190. The van der Waals surface area contributed by atoms with E-state index in [2.05, 4.69) is 12.2 Å². The predicted octanol–water partition coefficient (Wildman–Crippen LogP) is 3.10. The molecule has 0 aromatic heterocycles. The summed E-state index contributed by atoms with van der Waals surface area (Å²) in [6.07, 6.45) is 11.5. The minimum absolute atomic E-state index is 0.572. The first-order valence-corrected chi connectivity index (χ1v) is 6.06. The van der Waals surface area contributed by atoms with Crippen molar-refractivity contribution in [1.82, 2.24) is 5.32 Å². The van der Waals surface area contributed by atoms with Crippen LogP contribution in [-0.4, -0.2) is 12.1 Å². The lowest BCUT2D eigenvalue weighted by Crippen LogP contribution is -2.47. The van der Waals surface area contributed by atoms with Crippen LogP contribution in [-0.2, 0) is 0 Å². The quantitative estimate of drug-likeness (QED) is 0.605. The van der Waals surface area contributed by atoms with Gasteiger partial charge in [-0.25, -0.2) is 0 Å². The Morgan fingerprint density at radius 2 is 1.77 bits per heavy atom. The van der Waals surface area contributed by atoms with Gasteiger partial charge < -0.3 is 5.32 Å². The van der Waals surface area contributed by atoms with Gasteiger partial charge in [-0.15, -0.1) is 0 Å². The fourth-order valence-corrected chi connectivity index (χ4v) is 2.95. The van der Waals surface area contributed by atoms with E-state index >= 15 is 0 Å². The minimum atomic E-state index is 0.572. The lowest BCUT2D eigenvalue weighted by atomic mass is 9.75. The first-order valence-electron chi connectivity index (χ1n) is 6.06. The monoisotopic (exact) mass is 181 g/mol. The number of nitrogens with one attached hydrogen (secondary N) is 1. The van der Waals surface area contributed by atoms with Gasteiger partial charge in [-0.1, -0.05) is 19.8 Å². The topological polar surface area (TPSA) is 12.0 Å². The fraction of sp³-hybridized carbons (Fsp3) is 1.00. The molecule has 0 amide bonds. The van der Waals surface area contributed by atoms with E-state index in [1.54, 1.807) is 0 Å². The summed E-state index contributed by atoms with van der Waals surface area (Å²) in [5.74, 6) is 0.982. The molecule has 2 aliphatic rings. The van der Waals surface area contributed by atoms with Gasteiger partial charge in [0, 0.05) is 5.54 Å². The largest absolute Gasteiger partial charge is 0.311 e. The highest BCUT2D eigenvalue weighted by atomic mass is 15.0. The van der Waals surface area contributed by atoms with E-state index in [9.17, 15) is 0 Å². The Bertz CT molecular complexity index is 147. The van der Waals surface area contributed by atoms with Gasteiger partial charge in [0.15, 0.2) is 0 Å². The SMILES string of the molecule is CC1CCC2(CCCCCN2)CC1. The summed E-state index contributed by atoms with van der Waals surface area (Å²) < 4.78 is 0. The minimum Gasteiger partial charge on any atom is -0.311 e. The van der Waals surface area contributed by atoms with Crippen molar-refractivity contribution >= 4 is 0 Å². The molecule has 0 radical (unpaired) electrons. The summed E-state index contributed by atoms with van der Waals surface area (Å²) in [6, 6.07) is 0. The predicted molar refractivity (Wildman–Crippen MR) is 56.8 cm³/mol. The molecular weight excluding hydrogens is 158 g/mol. The van der Waals surface area contributed by atoms with Crippen LogP contribution in [0.5, 0.6) is 0 Å². The summed E-state index contributed by atoms with van der Waals surface area (Å²) in [5, 5.41) is 3.82. The zero-order valence-corrected chi connectivity index (χ0v) is 8.94. The second kappa shape index (κ2) is 4.00. The van der Waals surface area contributed by atoms with Crippen LogP contribution in [0.2, 0.25) is 0 Å². The summed E-state index contributed by atoms with van der Waals surface area (Å²) in [7, 11) is 0. The van der Waals surface area contributed by atoms with Crippen LogP contribution in [0, 0.1) is 5.92 Å². The molecule has 2 fully saturated rings.